The van der Waals surface area contributed by atoms with Gasteiger partial charge in [0.15, 0.2) is 0 Å². The molecule has 0 N–H and O–H groups in total. The molecule has 8 rings (SSSR count). The van der Waals surface area contributed by atoms with Gasteiger partial charge in [0.1, 0.15) is 0 Å². The average molecular weight is 655 g/mol. The lowest BCUT2D eigenvalue weighted by Crippen LogP contribution is -2.16. The van der Waals surface area contributed by atoms with E-state index in [9.17, 15) is 0 Å². The Bertz CT molecular complexity index is 2230. The first-order valence-electron chi connectivity index (χ1n) is 17.4. The molecular formula is C49H38N2. The van der Waals surface area contributed by atoms with Gasteiger partial charge in [-0.25, -0.2) is 0 Å². The van der Waals surface area contributed by atoms with Gasteiger partial charge in [-0.05, 0) is 106 Å². The first-order chi connectivity index (χ1) is 25.2. The van der Waals surface area contributed by atoms with E-state index in [1.165, 1.54) is 27.8 Å². The Hall–Kier alpha value is -6.64. The fraction of sp³-hybridized carbons (Fsp3) is 0.0204. The van der Waals surface area contributed by atoms with Gasteiger partial charge in [-0.3, -0.25) is 0 Å². The fourth-order valence-electron chi connectivity index (χ4n) is 6.82. The number of rotatable bonds is 7. The molecule has 2 heteroatoms. The number of hydrogen-bond donors (Lipinski definition) is 0. The summed E-state index contributed by atoms with van der Waals surface area (Å²) in [6.07, 6.45) is 9.31. The molecule has 244 valence electrons. The van der Waals surface area contributed by atoms with Crippen molar-refractivity contribution in [3.63, 3.8) is 0 Å². The van der Waals surface area contributed by atoms with Gasteiger partial charge in [0, 0.05) is 34.1 Å². The lowest BCUT2D eigenvalue weighted by Gasteiger charge is -2.28. The summed E-state index contributed by atoms with van der Waals surface area (Å²) in [6.45, 7) is 4.45. The van der Waals surface area contributed by atoms with E-state index >= 15 is 0 Å². The van der Waals surface area contributed by atoms with Crippen molar-refractivity contribution in [3.8, 4) is 33.4 Å². The van der Waals surface area contributed by atoms with Crippen LogP contribution < -0.4 is 9.80 Å². The summed E-state index contributed by atoms with van der Waals surface area (Å²) in [5, 5.41) is 0. The molecule has 0 saturated heterocycles. The molecule has 1 heterocycles. The molecule has 0 aromatic heterocycles. The molecular weight excluding hydrogens is 617 g/mol. The highest BCUT2D eigenvalue weighted by molar-refractivity contribution is 5.82. The molecule has 0 fully saturated rings. The van der Waals surface area contributed by atoms with Crippen LogP contribution in [0.3, 0.4) is 0 Å². The molecule has 1 aliphatic rings. The maximum Gasteiger partial charge on any atom is 0.0496 e. The van der Waals surface area contributed by atoms with Gasteiger partial charge in [0.25, 0.3) is 0 Å². The maximum absolute atomic E-state index is 4.45. The smallest absolute Gasteiger partial charge is 0.0496 e. The number of allylic oxidation sites excluding steroid dienone is 4. The van der Waals surface area contributed by atoms with E-state index in [0.717, 1.165) is 51.7 Å². The van der Waals surface area contributed by atoms with E-state index in [0.29, 0.717) is 0 Å². The average Bonchev–Trinajstić information content (AvgIpc) is 3.28. The Labute approximate surface area is 301 Å². The van der Waals surface area contributed by atoms with Crippen LogP contribution in [-0.4, -0.2) is 0 Å². The molecule has 0 unspecified atom stereocenters. The minimum absolute atomic E-state index is 0.867. The molecule has 0 aliphatic carbocycles. The van der Waals surface area contributed by atoms with E-state index in [1.54, 1.807) is 0 Å². The lowest BCUT2D eigenvalue weighted by molar-refractivity contribution is 1.17. The highest BCUT2D eigenvalue weighted by Crippen LogP contribution is 2.39. The van der Waals surface area contributed by atoms with Gasteiger partial charge < -0.3 is 9.80 Å². The molecule has 7 aromatic carbocycles. The number of anilines is 5. The van der Waals surface area contributed by atoms with Crippen molar-refractivity contribution in [1.29, 1.82) is 0 Å². The fourth-order valence-corrected chi connectivity index (χ4v) is 6.82. The normalized spacial score (nSPS) is 13.7. The molecule has 0 radical (unpaired) electrons. The maximum atomic E-state index is 4.45. The quantitative estimate of drug-likeness (QED) is 0.169. The molecule has 51 heavy (non-hydrogen) atoms. The first-order valence-corrected chi connectivity index (χ1v) is 17.4. The second kappa shape index (κ2) is 14.5. The van der Waals surface area contributed by atoms with Crippen LogP contribution in [0.15, 0.2) is 219 Å². The Kier molecular flexibility index (Phi) is 8.96. The summed E-state index contributed by atoms with van der Waals surface area (Å²) in [7, 11) is 0. The van der Waals surface area contributed by atoms with Crippen LogP contribution in [-0.2, 0) is 6.42 Å². The van der Waals surface area contributed by atoms with Gasteiger partial charge in [-0.2, -0.15) is 0 Å². The molecule has 0 saturated carbocycles. The number of nitrogens with zero attached hydrogens (tertiary/aromatic N) is 2. The minimum Gasteiger partial charge on any atom is -0.311 e. The highest BCUT2D eigenvalue weighted by Gasteiger charge is 2.17. The summed E-state index contributed by atoms with van der Waals surface area (Å²) >= 11 is 0. The summed E-state index contributed by atoms with van der Waals surface area (Å²) in [5.41, 5.74) is 14.8. The third kappa shape index (κ3) is 6.81. The topological polar surface area (TPSA) is 6.48 Å². The largest absolute Gasteiger partial charge is 0.311 e. The van der Waals surface area contributed by atoms with Crippen LogP contribution in [0.1, 0.15) is 5.56 Å². The van der Waals surface area contributed by atoms with E-state index in [4.69, 9.17) is 0 Å². The van der Waals surface area contributed by atoms with Crippen molar-refractivity contribution in [2.75, 3.05) is 9.80 Å². The van der Waals surface area contributed by atoms with Gasteiger partial charge in [0.2, 0.25) is 0 Å². The summed E-state index contributed by atoms with van der Waals surface area (Å²) < 4.78 is 0. The van der Waals surface area contributed by atoms with E-state index < -0.39 is 0 Å². The Morgan fingerprint density at radius 3 is 1.47 bits per heavy atom. The molecule has 1 aliphatic heterocycles. The van der Waals surface area contributed by atoms with Crippen molar-refractivity contribution < 1.29 is 0 Å². The van der Waals surface area contributed by atoms with Crippen LogP contribution in [0.4, 0.5) is 28.4 Å². The summed E-state index contributed by atoms with van der Waals surface area (Å²) in [6, 6.07) is 65.0. The van der Waals surface area contributed by atoms with Gasteiger partial charge in [0.05, 0.1) is 0 Å². The predicted molar refractivity (Wildman–Crippen MR) is 217 cm³/mol. The van der Waals surface area contributed by atoms with E-state index in [2.05, 4.69) is 223 Å². The molecule has 0 atom stereocenters. The number of hydrogen-bond acceptors (Lipinski definition) is 2. The second-order valence-corrected chi connectivity index (χ2v) is 12.7. The molecule has 0 spiro atoms. The van der Waals surface area contributed by atoms with Crippen LogP contribution >= 0.6 is 0 Å². The van der Waals surface area contributed by atoms with Crippen LogP contribution in [0, 0.1) is 0 Å². The number of para-hydroxylation sites is 1. The minimum atomic E-state index is 0.867. The van der Waals surface area contributed by atoms with Gasteiger partial charge in [-0.15, -0.1) is 0 Å². The molecule has 2 nitrogen and oxygen atoms in total. The van der Waals surface area contributed by atoms with E-state index in [-0.39, 0.29) is 0 Å². The summed E-state index contributed by atoms with van der Waals surface area (Å²) in [5.74, 6) is 0. The van der Waals surface area contributed by atoms with Crippen molar-refractivity contribution in [3.05, 3.63) is 224 Å². The zero-order valence-electron chi connectivity index (χ0n) is 28.4. The van der Waals surface area contributed by atoms with Crippen molar-refractivity contribution in [2.45, 2.75) is 6.42 Å². The zero-order valence-corrected chi connectivity index (χ0v) is 28.4. The first kappa shape index (κ1) is 31.6. The third-order valence-corrected chi connectivity index (χ3v) is 9.42. The monoisotopic (exact) mass is 654 g/mol. The van der Waals surface area contributed by atoms with E-state index in [1.807, 2.05) is 0 Å². The van der Waals surface area contributed by atoms with Gasteiger partial charge >= 0.3 is 0 Å². The number of fused-ring (bicyclic) bond motifs is 1. The Morgan fingerprint density at radius 2 is 0.902 bits per heavy atom. The predicted octanol–water partition coefficient (Wildman–Crippen LogP) is 13.5. The van der Waals surface area contributed by atoms with Gasteiger partial charge in [-0.1, -0.05) is 152 Å². The zero-order chi connectivity index (χ0) is 34.4. The van der Waals surface area contributed by atoms with Crippen LogP contribution in [0.5, 0.6) is 0 Å². The van der Waals surface area contributed by atoms with Crippen LogP contribution in [0.25, 0.3) is 33.4 Å². The second-order valence-electron chi connectivity index (χ2n) is 12.7. The number of benzene rings is 7. The lowest BCUT2D eigenvalue weighted by atomic mass is 10.0. The third-order valence-electron chi connectivity index (χ3n) is 9.42. The Balaban J connectivity index is 1.14. The Morgan fingerprint density at radius 1 is 0.431 bits per heavy atom. The molecule has 0 amide bonds. The van der Waals surface area contributed by atoms with Crippen molar-refractivity contribution >= 4 is 28.4 Å². The van der Waals surface area contributed by atoms with Crippen molar-refractivity contribution in [2.24, 2.45) is 0 Å². The standard InChI is InChI=1S/C49H38N2/c1-37-14-5-2-10-19-43-20-11-12-23-49(43)50(37)48-22-13-21-44(36-48)42-28-34-47(35-29-42)51(45-30-24-40(25-31-45)38-15-6-3-7-16-38)46-32-26-41(27-33-46)39-17-8-4-9-18-39/h2-18,20-36H,1,19H2/b10-2-,14-5-. The molecule has 7 aromatic rings. The highest BCUT2D eigenvalue weighted by atomic mass is 15.1. The van der Waals surface area contributed by atoms with Crippen LogP contribution in [0.2, 0.25) is 0 Å². The SMILES string of the molecule is C=C1/C=C\C=C/Cc2ccccc2N1c1cccc(-c2ccc(N(c3ccc(-c4ccccc4)cc3)c3ccc(-c4ccccc4)cc3)cc2)c1. The summed E-state index contributed by atoms with van der Waals surface area (Å²) in [4.78, 5) is 4.59. The van der Waals surface area contributed by atoms with Crippen molar-refractivity contribution in [1.82, 2.24) is 0 Å². The molecule has 0 bridgehead atoms.